The first-order chi connectivity index (χ1) is 13.6. The number of aromatic nitrogens is 1. The Morgan fingerprint density at radius 3 is 2.75 bits per heavy atom. The highest BCUT2D eigenvalue weighted by Crippen LogP contribution is 2.30. The fraction of sp³-hybridized carbons (Fsp3) is 0.318. The highest BCUT2D eigenvalue weighted by molar-refractivity contribution is 7.18. The number of para-hydroxylation sites is 2. The summed E-state index contributed by atoms with van der Waals surface area (Å²) in [5.74, 6) is -0.284. The second-order valence-corrected chi connectivity index (χ2v) is 8.27. The van der Waals surface area contributed by atoms with Gasteiger partial charge in [0, 0.05) is 25.7 Å². The largest absolute Gasteiger partial charge is 0.339 e. The molecule has 0 aliphatic carbocycles. The van der Waals surface area contributed by atoms with Crippen LogP contribution in [0.2, 0.25) is 0 Å². The molecular weight excluding hydrogens is 370 g/mol. The minimum absolute atomic E-state index is 0.00378. The van der Waals surface area contributed by atoms with E-state index in [0.29, 0.717) is 13.1 Å². The molecule has 0 saturated carbocycles. The van der Waals surface area contributed by atoms with Crippen molar-refractivity contribution in [3.63, 3.8) is 0 Å². The van der Waals surface area contributed by atoms with Gasteiger partial charge in [-0.15, -0.1) is 11.3 Å². The quantitative estimate of drug-likeness (QED) is 0.661. The average Bonchev–Trinajstić information content (AvgIpc) is 3.29. The Morgan fingerprint density at radius 2 is 1.96 bits per heavy atom. The van der Waals surface area contributed by atoms with Crippen LogP contribution in [0.1, 0.15) is 23.9 Å². The lowest BCUT2D eigenvalue weighted by Crippen LogP contribution is -2.34. The fourth-order valence-electron chi connectivity index (χ4n) is 3.76. The Balaban J connectivity index is 1.46. The maximum Gasteiger partial charge on any atom is 0.228 e. The van der Waals surface area contributed by atoms with Crippen LogP contribution in [-0.4, -0.2) is 35.3 Å². The molecule has 1 atom stereocenters. The molecule has 3 aromatic rings. The Morgan fingerprint density at radius 1 is 1.21 bits per heavy atom. The number of fused-ring (bicyclic) bond motifs is 1. The topological polar surface area (TPSA) is 53.5 Å². The minimum atomic E-state index is -0.309. The average molecular weight is 394 g/mol. The molecule has 0 radical (unpaired) electrons. The highest BCUT2D eigenvalue weighted by atomic mass is 32.1. The molecule has 1 aliphatic heterocycles. The molecule has 0 N–H and O–H groups in total. The fourth-order valence-corrected chi connectivity index (χ4v) is 4.78. The van der Waals surface area contributed by atoms with E-state index in [1.807, 2.05) is 48.5 Å². The number of anilines is 1. The van der Waals surface area contributed by atoms with Crippen molar-refractivity contribution in [1.82, 2.24) is 9.88 Å². The van der Waals surface area contributed by atoms with E-state index in [9.17, 15) is 9.59 Å². The first kappa shape index (κ1) is 18.6. The van der Waals surface area contributed by atoms with Crippen LogP contribution < -0.4 is 4.90 Å². The lowest BCUT2D eigenvalue weighted by Gasteiger charge is -2.22. The number of carbonyl (C=O) groups excluding carboxylic acids is 2. The minimum Gasteiger partial charge on any atom is -0.339 e. The standard InChI is InChI=1S/C22H23N3O2S/c1-3-15-8-4-6-10-18(15)25-13-16(12-21(25)26)22(27)24(2)14-20-23-17-9-5-7-11-19(17)28-20/h4-11,16H,3,12-14H2,1-2H3/t16-/m0/s1. The summed E-state index contributed by atoms with van der Waals surface area (Å²) in [6.45, 7) is 2.99. The van der Waals surface area contributed by atoms with Crippen molar-refractivity contribution in [2.24, 2.45) is 5.92 Å². The molecule has 5 nitrogen and oxygen atoms in total. The van der Waals surface area contributed by atoms with Gasteiger partial charge in [-0.05, 0) is 30.2 Å². The molecule has 2 aromatic carbocycles. The van der Waals surface area contributed by atoms with Gasteiger partial charge in [0.1, 0.15) is 5.01 Å². The van der Waals surface area contributed by atoms with Gasteiger partial charge in [0.2, 0.25) is 11.8 Å². The number of hydrogen-bond acceptors (Lipinski definition) is 4. The van der Waals surface area contributed by atoms with Gasteiger partial charge in [0.05, 0.1) is 22.7 Å². The van der Waals surface area contributed by atoms with Gasteiger partial charge in [0.25, 0.3) is 0 Å². The van der Waals surface area contributed by atoms with Gasteiger partial charge < -0.3 is 9.80 Å². The van der Waals surface area contributed by atoms with Gasteiger partial charge in [-0.1, -0.05) is 37.3 Å². The zero-order valence-corrected chi connectivity index (χ0v) is 16.9. The maximum atomic E-state index is 13.0. The van der Waals surface area contributed by atoms with E-state index in [0.717, 1.165) is 32.9 Å². The molecule has 28 heavy (non-hydrogen) atoms. The van der Waals surface area contributed by atoms with E-state index < -0.39 is 0 Å². The number of thiazole rings is 1. The molecule has 0 unspecified atom stereocenters. The highest BCUT2D eigenvalue weighted by Gasteiger charge is 2.37. The predicted molar refractivity (Wildman–Crippen MR) is 112 cm³/mol. The van der Waals surface area contributed by atoms with Gasteiger partial charge in [-0.25, -0.2) is 4.98 Å². The third kappa shape index (κ3) is 3.52. The van der Waals surface area contributed by atoms with Crippen LogP contribution in [0.25, 0.3) is 10.2 Å². The van der Waals surface area contributed by atoms with E-state index >= 15 is 0 Å². The van der Waals surface area contributed by atoms with Crippen molar-refractivity contribution in [2.45, 2.75) is 26.3 Å². The molecule has 2 heterocycles. The molecule has 1 saturated heterocycles. The lowest BCUT2D eigenvalue weighted by molar-refractivity contribution is -0.135. The summed E-state index contributed by atoms with van der Waals surface area (Å²) in [5.41, 5.74) is 3.02. The third-order valence-electron chi connectivity index (χ3n) is 5.22. The number of amides is 2. The summed E-state index contributed by atoms with van der Waals surface area (Å²) in [6, 6.07) is 15.9. The zero-order valence-electron chi connectivity index (χ0n) is 16.1. The van der Waals surface area contributed by atoms with Crippen molar-refractivity contribution in [3.05, 3.63) is 59.1 Å². The number of rotatable bonds is 5. The van der Waals surface area contributed by atoms with E-state index in [1.54, 1.807) is 28.2 Å². The van der Waals surface area contributed by atoms with Crippen LogP contribution in [0.15, 0.2) is 48.5 Å². The second kappa shape index (κ2) is 7.72. The van der Waals surface area contributed by atoms with Crippen LogP contribution in [0, 0.1) is 5.92 Å². The van der Waals surface area contributed by atoms with Crippen molar-refractivity contribution in [2.75, 3.05) is 18.5 Å². The summed E-state index contributed by atoms with van der Waals surface area (Å²) >= 11 is 1.61. The van der Waals surface area contributed by atoms with Crippen molar-refractivity contribution < 1.29 is 9.59 Å². The molecule has 1 fully saturated rings. The number of hydrogen-bond donors (Lipinski definition) is 0. The van der Waals surface area contributed by atoms with Crippen molar-refractivity contribution in [3.8, 4) is 0 Å². The van der Waals surface area contributed by atoms with Gasteiger partial charge in [0.15, 0.2) is 0 Å². The van der Waals surface area contributed by atoms with Crippen molar-refractivity contribution in [1.29, 1.82) is 0 Å². The van der Waals surface area contributed by atoms with Crippen LogP contribution in [0.5, 0.6) is 0 Å². The summed E-state index contributed by atoms with van der Waals surface area (Å²) in [7, 11) is 1.79. The Kier molecular flexibility index (Phi) is 5.13. The van der Waals surface area contributed by atoms with E-state index in [2.05, 4.69) is 11.9 Å². The molecule has 4 rings (SSSR count). The zero-order chi connectivity index (χ0) is 19.7. The Hall–Kier alpha value is -2.73. The summed E-state index contributed by atoms with van der Waals surface area (Å²) in [4.78, 5) is 33.6. The number of carbonyl (C=O) groups is 2. The SMILES string of the molecule is CCc1ccccc1N1C[C@@H](C(=O)N(C)Cc2nc3ccccc3s2)CC1=O. The number of aryl methyl sites for hydroxylation is 1. The third-order valence-corrected chi connectivity index (χ3v) is 6.25. The van der Waals surface area contributed by atoms with Crippen LogP contribution in [0.3, 0.4) is 0 Å². The summed E-state index contributed by atoms with van der Waals surface area (Å²) in [5, 5.41) is 0.912. The molecular formula is C22H23N3O2S. The van der Waals surface area contributed by atoms with E-state index in [1.165, 1.54) is 0 Å². The molecule has 0 bridgehead atoms. The molecule has 1 aromatic heterocycles. The normalized spacial score (nSPS) is 16.7. The summed E-state index contributed by atoms with van der Waals surface area (Å²) < 4.78 is 1.12. The lowest BCUT2D eigenvalue weighted by atomic mass is 10.1. The predicted octanol–water partition coefficient (Wildman–Crippen LogP) is 3.87. The smallest absolute Gasteiger partial charge is 0.228 e. The van der Waals surface area contributed by atoms with Gasteiger partial charge >= 0.3 is 0 Å². The molecule has 144 valence electrons. The second-order valence-electron chi connectivity index (χ2n) is 7.16. The van der Waals surface area contributed by atoms with Crippen LogP contribution in [0.4, 0.5) is 5.69 Å². The maximum absolute atomic E-state index is 13.0. The molecule has 1 aliphatic rings. The van der Waals surface area contributed by atoms with E-state index in [-0.39, 0.29) is 24.2 Å². The molecule has 6 heteroatoms. The monoisotopic (exact) mass is 393 g/mol. The van der Waals surface area contributed by atoms with Gasteiger partial charge in [-0.3, -0.25) is 9.59 Å². The summed E-state index contributed by atoms with van der Waals surface area (Å²) in [6.07, 6.45) is 1.12. The van der Waals surface area contributed by atoms with Crippen molar-refractivity contribution >= 4 is 39.1 Å². The van der Waals surface area contributed by atoms with Gasteiger partial charge in [-0.2, -0.15) is 0 Å². The van der Waals surface area contributed by atoms with Crippen LogP contribution in [-0.2, 0) is 22.6 Å². The van der Waals surface area contributed by atoms with E-state index in [4.69, 9.17) is 0 Å². The Bertz CT molecular complexity index is 996. The first-order valence-electron chi connectivity index (χ1n) is 9.54. The molecule has 0 spiro atoms. The van der Waals surface area contributed by atoms with Crippen LogP contribution >= 0.6 is 11.3 Å². The number of benzene rings is 2. The number of nitrogens with zero attached hydrogens (tertiary/aromatic N) is 3. The molecule has 2 amide bonds. The first-order valence-corrected chi connectivity index (χ1v) is 10.4. The Labute approximate surface area is 168 Å².